The molecule has 3 heterocycles. The third-order valence-electron chi connectivity index (χ3n) is 7.16. The molecule has 194 valence electrons. The minimum absolute atomic E-state index is 0.0131. The summed E-state index contributed by atoms with van der Waals surface area (Å²) in [5, 5.41) is 7.98. The lowest BCUT2D eigenvalue weighted by Crippen LogP contribution is -2.51. The molecule has 1 N–H and O–H groups in total. The van der Waals surface area contributed by atoms with Gasteiger partial charge in [-0.05, 0) is 37.6 Å². The predicted octanol–water partition coefficient (Wildman–Crippen LogP) is 3.03. The Kier molecular flexibility index (Phi) is 7.28. The number of hydrogen-bond acceptors (Lipinski definition) is 7. The van der Waals surface area contributed by atoms with Crippen LogP contribution >= 0.6 is 11.6 Å². The molecule has 0 spiro atoms. The number of rotatable bonds is 7. The van der Waals surface area contributed by atoms with E-state index in [-0.39, 0.29) is 11.9 Å². The van der Waals surface area contributed by atoms with Crippen molar-refractivity contribution in [3.8, 4) is 5.88 Å². The number of anilines is 1. The number of piperazine rings is 1. The number of aryl methyl sites for hydroxylation is 1. The molecule has 0 unspecified atom stereocenters. The van der Waals surface area contributed by atoms with E-state index >= 15 is 0 Å². The zero-order valence-corrected chi connectivity index (χ0v) is 22.4. The molecule has 2 aliphatic rings. The number of aromatic nitrogens is 4. The molecule has 1 aliphatic heterocycles. The van der Waals surface area contributed by atoms with Crippen LogP contribution in [0.3, 0.4) is 0 Å². The van der Waals surface area contributed by atoms with Crippen LogP contribution in [-0.2, 0) is 24.7 Å². The average molecular weight is 522 g/mol. The van der Waals surface area contributed by atoms with Gasteiger partial charge in [-0.15, -0.1) is 5.10 Å². The molecular weight excluding hydrogens is 490 g/mol. The molecule has 3 aromatic rings. The van der Waals surface area contributed by atoms with Crippen molar-refractivity contribution in [1.29, 1.82) is 0 Å². The highest BCUT2D eigenvalue weighted by Gasteiger charge is 2.27. The van der Waals surface area contributed by atoms with Gasteiger partial charge in [-0.3, -0.25) is 14.4 Å². The van der Waals surface area contributed by atoms with Crippen molar-refractivity contribution >= 4 is 28.8 Å². The van der Waals surface area contributed by atoms with Crippen LogP contribution in [0.2, 0.25) is 5.02 Å². The second kappa shape index (κ2) is 10.6. The first-order valence-electron chi connectivity index (χ1n) is 12.5. The third kappa shape index (κ3) is 5.25. The van der Waals surface area contributed by atoms with Gasteiger partial charge in [0.25, 0.3) is 0 Å². The van der Waals surface area contributed by atoms with E-state index in [1.807, 2.05) is 32.3 Å². The number of carbonyl (C=O) groups is 1. The van der Waals surface area contributed by atoms with Crippen LogP contribution in [0.1, 0.15) is 35.1 Å². The molecule has 0 bridgehead atoms. The molecular formula is C27H32ClN7O2. The van der Waals surface area contributed by atoms with Gasteiger partial charge in [-0.1, -0.05) is 29.8 Å². The molecule has 1 amide bonds. The summed E-state index contributed by atoms with van der Waals surface area (Å²) in [6, 6.07) is 5.79. The van der Waals surface area contributed by atoms with E-state index in [0.29, 0.717) is 35.3 Å². The molecule has 0 radical (unpaired) electrons. The minimum atomic E-state index is -0.193. The maximum atomic E-state index is 13.1. The lowest BCUT2D eigenvalue weighted by molar-refractivity contribution is -0.121. The average Bonchev–Trinajstić information content (AvgIpc) is 3.48. The second-order valence-electron chi connectivity index (χ2n) is 9.65. The Balaban J connectivity index is 1.36. The summed E-state index contributed by atoms with van der Waals surface area (Å²) in [7, 11) is 5.56. The maximum absolute atomic E-state index is 13.1. The number of nitrogens with one attached hydrogen (secondary N) is 1. The molecule has 2 aromatic heterocycles. The molecule has 1 fully saturated rings. The molecule has 37 heavy (non-hydrogen) atoms. The number of methoxy groups -OCH3 is 1. The van der Waals surface area contributed by atoms with Crippen molar-refractivity contribution in [3.63, 3.8) is 0 Å². The number of halogens is 1. The van der Waals surface area contributed by atoms with E-state index < -0.39 is 0 Å². The number of amides is 1. The molecule has 1 saturated heterocycles. The number of benzene rings is 1. The Morgan fingerprint density at radius 1 is 1.22 bits per heavy atom. The summed E-state index contributed by atoms with van der Waals surface area (Å²) in [4.78, 5) is 26.9. The van der Waals surface area contributed by atoms with E-state index in [1.165, 1.54) is 0 Å². The number of likely N-dealkylation sites (N-methyl/N-ethyl adjacent to an activating group) is 1. The summed E-state index contributed by atoms with van der Waals surface area (Å²) in [5.74, 6) is 1.20. The highest BCUT2D eigenvalue weighted by Crippen LogP contribution is 2.38. The summed E-state index contributed by atoms with van der Waals surface area (Å²) in [6.45, 7) is 5.71. The van der Waals surface area contributed by atoms with E-state index in [0.717, 1.165) is 54.1 Å². The molecule has 1 atom stereocenters. The first-order chi connectivity index (χ1) is 17.8. The van der Waals surface area contributed by atoms with Crippen molar-refractivity contribution in [2.24, 2.45) is 7.05 Å². The van der Waals surface area contributed by atoms with Crippen LogP contribution < -0.4 is 10.1 Å². The fourth-order valence-electron chi connectivity index (χ4n) is 4.99. The van der Waals surface area contributed by atoms with E-state index in [2.05, 4.69) is 44.4 Å². The summed E-state index contributed by atoms with van der Waals surface area (Å²) in [6.07, 6.45) is 6.83. The van der Waals surface area contributed by atoms with Gasteiger partial charge in [0.15, 0.2) is 0 Å². The topological polar surface area (TPSA) is 88.4 Å². The van der Waals surface area contributed by atoms with Gasteiger partial charge in [0, 0.05) is 68.9 Å². The Bertz CT molecular complexity index is 1340. The first kappa shape index (κ1) is 25.4. The van der Waals surface area contributed by atoms with Crippen LogP contribution in [-0.4, -0.2) is 81.8 Å². The second-order valence-corrected chi connectivity index (χ2v) is 10.1. The Morgan fingerprint density at radius 2 is 2.00 bits per heavy atom. The number of ether oxygens (including phenoxy) is 1. The van der Waals surface area contributed by atoms with Gasteiger partial charge >= 0.3 is 0 Å². The maximum Gasteiger partial charge on any atom is 0.241 e. The number of nitrogens with zero attached hydrogens (tertiary/aromatic N) is 6. The molecule has 9 nitrogen and oxygen atoms in total. The van der Waals surface area contributed by atoms with Crippen molar-refractivity contribution in [3.05, 3.63) is 69.9 Å². The lowest BCUT2D eigenvalue weighted by Gasteiger charge is -2.35. The summed E-state index contributed by atoms with van der Waals surface area (Å²) in [5.41, 5.74) is 5.46. The molecule has 1 aromatic carbocycles. The largest absolute Gasteiger partial charge is 0.480 e. The van der Waals surface area contributed by atoms with Crippen LogP contribution in [0.4, 0.5) is 5.69 Å². The van der Waals surface area contributed by atoms with E-state index in [4.69, 9.17) is 21.3 Å². The van der Waals surface area contributed by atoms with Crippen molar-refractivity contribution < 1.29 is 9.53 Å². The monoisotopic (exact) mass is 521 g/mol. The Morgan fingerprint density at radius 3 is 2.76 bits per heavy atom. The van der Waals surface area contributed by atoms with Crippen LogP contribution in [0, 0.1) is 0 Å². The van der Waals surface area contributed by atoms with Crippen molar-refractivity contribution in [1.82, 2.24) is 29.5 Å². The van der Waals surface area contributed by atoms with Crippen LogP contribution in [0.25, 0.3) is 5.57 Å². The smallest absolute Gasteiger partial charge is 0.241 e. The Hall–Kier alpha value is -3.27. The standard InChI is InChI=1S/C27H32ClN7O2/c1-17(35-12-10-33(2)11-13-35)26(36)30-23-7-5-6-19-20(23)8-9-21(19)25-22(28)15-29-24(31-25)14-18-16-34(3)32-27(18)37-4/h5-7,9,15-17H,8,10-14H2,1-4H3,(H,30,36)/t17-/m1/s1. The first-order valence-corrected chi connectivity index (χ1v) is 12.9. The minimum Gasteiger partial charge on any atom is -0.480 e. The van der Waals surface area contributed by atoms with Gasteiger partial charge < -0.3 is 15.0 Å². The number of fused-ring (bicyclic) bond motifs is 1. The zero-order chi connectivity index (χ0) is 26.1. The lowest BCUT2D eigenvalue weighted by atomic mass is 10.0. The SMILES string of the molecule is COc1nn(C)cc1Cc1ncc(Cl)c(C2=CCc3c(NC(=O)[C@@H](C)N4CCN(C)CC4)cccc32)n1. The molecule has 0 saturated carbocycles. The van der Waals surface area contributed by atoms with Gasteiger partial charge in [0.05, 0.1) is 23.9 Å². The van der Waals surface area contributed by atoms with Crippen molar-refractivity contribution in [2.45, 2.75) is 25.8 Å². The quantitative estimate of drug-likeness (QED) is 0.511. The predicted molar refractivity (Wildman–Crippen MR) is 144 cm³/mol. The molecule has 10 heteroatoms. The number of allylic oxidation sites excluding steroid dienone is 1. The van der Waals surface area contributed by atoms with Crippen LogP contribution in [0.5, 0.6) is 5.88 Å². The van der Waals surface area contributed by atoms with Gasteiger partial charge in [-0.25, -0.2) is 9.97 Å². The highest BCUT2D eigenvalue weighted by molar-refractivity contribution is 6.32. The number of hydrogen-bond donors (Lipinski definition) is 1. The van der Waals surface area contributed by atoms with E-state index in [9.17, 15) is 4.79 Å². The summed E-state index contributed by atoms with van der Waals surface area (Å²) >= 11 is 6.58. The fraction of sp³-hybridized carbons (Fsp3) is 0.407. The zero-order valence-electron chi connectivity index (χ0n) is 21.7. The molecule has 1 aliphatic carbocycles. The number of carbonyl (C=O) groups excluding carboxylic acids is 1. The van der Waals surface area contributed by atoms with Gasteiger partial charge in [0.1, 0.15) is 5.82 Å². The van der Waals surface area contributed by atoms with Gasteiger partial charge in [0.2, 0.25) is 11.8 Å². The summed E-state index contributed by atoms with van der Waals surface area (Å²) < 4.78 is 7.09. The highest BCUT2D eigenvalue weighted by atomic mass is 35.5. The van der Waals surface area contributed by atoms with E-state index in [1.54, 1.807) is 18.0 Å². The fourth-order valence-corrected chi connectivity index (χ4v) is 5.18. The van der Waals surface area contributed by atoms with Crippen molar-refractivity contribution in [2.75, 3.05) is 45.7 Å². The van der Waals surface area contributed by atoms with Crippen LogP contribution in [0.15, 0.2) is 36.7 Å². The molecule has 5 rings (SSSR count). The third-order valence-corrected chi connectivity index (χ3v) is 7.43. The Labute approximate surface area is 222 Å². The normalized spacial score (nSPS) is 16.8. The van der Waals surface area contributed by atoms with Gasteiger partial charge in [-0.2, -0.15) is 0 Å².